The van der Waals surface area contributed by atoms with Gasteiger partial charge in [-0.15, -0.1) is 0 Å². The fourth-order valence-corrected chi connectivity index (χ4v) is 3.22. The summed E-state index contributed by atoms with van der Waals surface area (Å²) < 4.78 is 11.4. The highest BCUT2D eigenvalue weighted by Gasteiger charge is 2.13. The molecule has 2 aromatic rings. The van der Waals surface area contributed by atoms with Crippen molar-refractivity contribution in [3.8, 4) is 11.5 Å². The zero-order chi connectivity index (χ0) is 19.6. The van der Waals surface area contributed by atoms with Crippen LogP contribution in [0.3, 0.4) is 0 Å². The quantitative estimate of drug-likeness (QED) is 0.532. The first kappa shape index (κ1) is 19.8. The second kappa shape index (κ2) is 10.4. The molecule has 1 aromatic carbocycles. The van der Waals surface area contributed by atoms with Crippen molar-refractivity contribution in [2.75, 3.05) is 33.4 Å². The van der Waals surface area contributed by atoms with E-state index in [4.69, 9.17) is 9.47 Å². The molecule has 0 aliphatic carbocycles. The maximum absolute atomic E-state index is 12.0. The molecule has 2 N–H and O–H groups in total. The Kier molecular flexibility index (Phi) is 7.37. The van der Waals surface area contributed by atoms with Gasteiger partial charge in [-0.25, -0.2) is 5.43 Å². The standard InChI is InChI=1S/C21H26N4O3/c1-27-20-15-17(16-23-24-21(26)18-7-9-22-10-8-18)5-6-19(20)28-14-13-25-11-3-2-4-12-25/h5-10,15-16H,2-4,11-14H2,1H3,(H,24,26)/p+1/b23-16-. The molecule has 7 nitrogen and oxygen atoms in total. The molecule has 1 aliphatic rings. The Bertz CT molecular complexity index is 789. The molecule has 1 aliphatic heterocycles. The number of hydrogen-bond acceptors (Lipinski definition) is 5. The molecule has 0 atom stereocenters. The fraction of sp³-hybridized carbons (Fsp3) is 0.381. The number of quaternary nitrogens is 1. The molecule has 1 aromatic heterocycles. The number of methoxy groups -OCH3 is 1. The summed E-state index contributed by atoms with van der Waals surface area (Å²) in [5.41, 5.74) is 3.81. The lowest BCUT2D eigenvalue weighted by atomic mass is 10.1. The van der Waals surface area contributed by atoms with Gasteiger partial charge in [0.15, 0.2) is 11.5 Å². The van der Waals surface area contributed by atoms with Crippen molar-refractivity contribution in [3.05, 3.63) is 53.9 Å². The summed E-state index contributed by atoms with van der Waals surface area (Å²) in [4.78, 5) is 17.5. The van der Waals surface area contributed by atoms with E-state index in [2.05, 4.69) is 15.5 Å². The summed E-state index contributed by atoms with van der Waals surface area (Å²) in [6.45, 7) is 4.15. The molecule has 1 amide bonds. The van der Waals surface area contributed by atoms with E-state index < -0.39 is 0 Å². The predicted octanol–water partition coefficient (Wildman–Crippen LogP) is 1.30. The fourth-order valence-electron chi connectivity index (χ4n) is 3.22. The Hall–Kier alpha value is -2.93. The highest BCUT2D eigenvalue weighted by Crippen LogP contribution is 2.27. The Morgan fingerprint density at radius 2 is 1.96 bits per heavy atom. The molecule has 2 heterocycles. The number of nitrogens with one attached hydrogen (secondary N) is 2. The Morgan fingerprint density at radius 1 is 1.18 bits per heavy atom. The summed E-state index contributed by atoms with van der Waals surface area (Å²) in [6, 6.07) is 8.85. The van der Waals surface area contributed by atoms with Gasteiger partial charge >= 0.3 is 0 Å². The molecule has 7 heteroatoms. The summed E-state index contributed by atoms with van der Waals surface area (Å²) in [7, 11) is 1.62. The van der Waals surface area contributed by atoms with Crippen LogP contribution in [0.2, 0.25) is 0 Å². The second-order valence-electron chi connectivity index (χ2n) is 6.75. The van der Waals surface area contributed by atoms with Crippen molar-refractivity contribution < 1.29 is 19.2 Å². The van der Waals surface area contributed by atoms with E-state index in [1.165, 1.54) is 32.4 Å². The van der Waals surface area contributed by atoms with Gasteiger partial charge in [0.2, 0.25) is 0 Å². The van der Waals surface area contributed by atoms with E-state index >= 15 is 0 Å². The van der Waals surface area contributed by atoms with Crippen LogP contribution in [0.4, 0.5) is 0 Å². The van der Waals surface area contributed by atoms with Crippen LogP contribution in [0, 0.1) is 0 Å². The van der Waals surface area contributed by atoms with Gasteiger partial charge in [-0.3, -0.25) is 9.78 Å². The summed E-state index contributed by atoms with van der Waals surface area (Å²) >= 11 is 0. The van der Waals surface area contributed by atoms with Crippen LogP contribution in [0.25, 0.3) is 0 Å². The monoisotopic (exact) mass is 383 g/mol. The number of benzene rings is 1. The van der Waals surface area contributed by atoms with Gasteiger partial charge in [0.1, 0.15) is 13.2 Å². The van der Waals surface area contributed by atoms with Gasteiger partial charge in [0.25, 0.3) is 5.91 Å². The van der Waals surface area contributed by atoms with Crippen molar-refractivity contribution in [1.29, 1.82) is 0 Å². The van der Waals surface area contributed by atoms with Crippen LogP contribution in [0.5, 0.6) is 11.5 Å². The number of carbonyl (C=O) groups excluding carboxylic acids is 1. The largest absolute Gasteiger partial charge is 0.493 e. The van der Waals surface area contributed by atoms with Crippen molar-refractivity contribution in [2.24, 2.45) is 5.10 Å². The summed E-state index contributed by atoms with van der Waals surface area (Å²) in [6.07, 6.45) is 8.67. The van der Waals surface area contributed by atoms with E-state index in [1.54, 1.807) is 42.8 Å². The third-order valence-corrected chi connectivity index (χ3v) is 4.78. The average Bonchev–Trinajstić information content (AvgIpc) is 2.75. The maximum Gasteiger partial charge on any atom is 0.271 e. The highest BCUT2D eigenvalue weighted by molar-refractivity contribution is 5.94. The van der Waals surface area contributed by atoms with Crippen molar-refractivity contribution in [1.82, 2.24) is 10.4 Å². The van der Waals surface area contributed by atoms with Gasteiger partial charge in [-0.05, 0) is 55.2 Å². The predicted molar refractivity (Wildman–Crippen MR) is 107 cm³/mol. The number of amides is 1. The van der Waals surface area contributed by atoms with Crippen molar-refractivity contribution in [3.63, 3.8) is 0 Å². The first-order chi connectivity index (χ1) is 13.8. The maximum atomic E-state index is 12.0. The summed E-state index contributed by atoms with van der Waals surface area (Å²) in [5.74, 6) is 1.08. The van der Waals surface area contributed by atoms with E-state index in [9.17, 15) is 4.79 Å². The molecule has 0 spiro atoms. The molecule has 3 rings (SSSR count). The summed E-state index contributed by atoms with van der Waals surface area (Å²) in [5, 5.41) is 4.00. The van der Waals surface area contributed by atoms with Gasteiger partial charge in [-0.2, -0.15) is 5.10 Å². The number of likely N-dealkylation sites (tertiary alicyclic amines) is 1. The molecule has 28 heavy (non-hydrogen) atoms. The molecular weight excluding hydrogens is 356 g/mol. The van der Waals surface area contributed by atoms with Gasteiger partial charge in [0, 0.05) is 18.0 Å². The zero-order valence-corrected chi connectivity index (χ0v) is 16.2. The number of carbonyl (C=O) groups is 1. The first-order valence-corrected chi connectivity index (χ1v) is 9.64. The number of rotatable bonds is 8. The van der Waals surface area contributed by atoms with E-state index in [1.807, 2.05) is 18.2 Å². The number of piperidine rings is 1. The third kappa shape index (κ3) is 5.79. The molecule has 0 bridgehead atoms. The lowest BCUT2D eigenvalue weighted by Crippen LogP contribution is -3.13. The SMILES string of the molecule is COc1cc(/C=N\NC(=O)c2ccncc2)ccc1OCC[NH+]1CCCCC1. The minimum Gasteiger partial charge on any atom is -0.493 e. The number of aromatic nitrogens is 1. The smallest absolute Gasteiger partial charge is 0.271 e. The highest BCUT2D eigenvalue weighted by atomic mass is 16.5. The third-order valence-electron chi connectivity index (χ3n) is 4.78. The van der Waals surface area contributed by atoms with Crippen LogP contribution in [-0.2, 0) is 0 Å². The molecule has 1 fully saturated rings. The number of pyridine rings is 1. The number of hydrazone groups is 1. The van der Waals surface area contributed by atoms with E-state index in [-0.39, 0.29) is 5.91 Å². The van der Waals surface area contributed by atoms with Crippen LogP contribution < -0.4 is 19.8 Å². The second-order valence-corrected chi connectivity index (χ2v) is 6.75. The van der Waals surface area contributed by atoms with E-state index in [0.717, 1.165) is 17.9 Å². The van der Waals surface area contributed by atoms with Crippen LogP contribution in [-0.4, -0.2) is 50.5 Å². The average molecular weight is 383 g/mol. The van der Waals surface area contributed by atoms with Crippen molar-refractivity contribution >= 4 is 12.1 Å². The minimum absolute atomic E-state index is 0.286. The first-order valence-electron chi connectivity index (χ1n) is 9.64. The molecule has 0 radical (unpaired) electrons. The lowest BCUT2D eigenvalue weighted by molar-refractivity contribution is -0.904. The molecule has 0 saturated carbocycles. The molecule has 1 saturated heterocycles. The number of nitrogens with zero attached hydrogens (tertiary/aromatic N) is 2. The van der Waals surface area contributed by atoms with Gasteiger partial charge in [0.05, 0.1) is 26.4 Å². The van der Waals surface area contributed by atoms with Crippen molar-refractivity contribution in [2.45, 2.75) is 19.3 Å². The topological polar surface area (TPSA) is 77.2 Å². The number of hydrogen-bond donors (Lipinski definition) is 2. The Morgan fingerprint density at radius 3 is 2.71 bits per heavy atom. The molecule has 148 valence electrons. The van der Waals surface area contributed by atoms with Gasteiger partial charge in [-0.1, -0.05) is 0 Å². The normalized spacial score (nSPS) is 14.8. The zero-order valence-electron chi connectivity index (χ0n) is 16.2. The minimum atomic E-state index is -0.286. The van der Waals surface area contributed by atoms with Crippen LogP contribution >= 0.6 is 0 Å². The van der Waals surface area contributed by atoms with Crippen LogP contribution in [0.15, 0.2) is 47.8 Å². The van der Waals surface area contributed by atoms with E-state index in [0.29, 0.717) is 17.9 Å². The van der Waals surface area contributed by atoms with Crippen LogP contribution in [0.1, 0.15) is 35.2 Å². The Balaban J connectivity index is 1.52. The molecule has 0 unspecified atom stereocenters. The van der Waals surface area contributed by atoms with Gasteiger partial charge < -0.3 is 14.4 Å². The molecular formula is C21H27N4O3+. The Labute approximate surface area is 165 Å². The number of ether oxygens (including phenoxy) is 2. The lowest BCUT2D eigenvalue weighted by Gasteiger charge is -2.23.